The van der Waals surface area contributed by atoms with Gasteiger partial charge in [-0.2, -0.15) is 0 Å². The number of aromatic nitrogens is 4. The Kier molecular flexibility index (Phi) is 7.66. The number of hydrogen-bond acceptors (Lipinski definition) is 9. The summed E-state index contributed by atoms with van der Waals surface area (Å²) in [4.78, 5) is 17.9. The van der Waals surface area contributed by atoms with E-state index in [2.05, 4.69) is 20.6 Å². The van der Waals surface area contributed by atoms with Gasteiger partial charge in [0, 0.05) is 10.9 Å². The van der Waals surface area contributed by atoms with Gasteiger partial charge in [-0.1, -0.05) is 59.8 Å². The molecule has 39 heavy (non-hydrogen) atoms. The Labute approximate surface area is 223 Å². The van der Waals surface area contributed by atoms with Crippen LogP contribution in [-0.2, 0) is 13.1 Å². The van der Waals surface area contributed by atoms with Gasteiger partial charge in [-0.25, -0.2) is 9.67 Å². The summed E-state index contributed by atoms with van der Waals surface area (Å²) < 4.78 is 6.43. The van der Waals surface area contributed by atoms with Crippen LogP contribution in [0.15, 0.2) is 85.1 Å². The van der Waals surface area contributed by atoms with Gasteiger partial charge in [-0.15, -0.1) is 5.10 Å². The SMILES string of the molecule is O=C(NCc1cn(Cc2ccc(OB(O)O)cc2)nn1)c1cc(-c2ccc(B(O)O)cc2)nc2ccccc12. The third-order valence-corrected chi connectivity index (χ3v) is 5.99. The zero-order valence-corrected chi connectivity index (χ0v) is 20.5. The van der Waals surface area contributed by atoms with Crippen LogP contribution in [0.3, 0.4) is 0 Å². The van der Waals surface area contributed by atoms with Gasteiger partial charge >= 0.3 is 14.4 Å². The molecule has 0 radical (unpaired) electrons. The topological polar surface area (TPSA) is 163 Å². The average Bonchev–Trinajstić information content (AvgIpc) is 3.39. The van der Waals surface area contributed by atoms with Crippen LogP contribution in [0.1, 0.15) is 21.6 Å². The normalized spacial score (nSPS) is 10.9. The van der Waals surface area contributed by atoms with E-state index in [0.29, 0.717) is 45.6 Å². The molecule has 1 amide bonds. The molecule has 2 heterocycles. The fraction of sp³-hybridized carbons (Fsp3) is 0.0769. The summed E-state index contributed by atoms with van der Waals surface area (Å²) in [6.07, 6.45) is 1.73. The molecule has 5 N–H and O–H groups in total. The minimum absolute atomic E-state index is 0.162. The van der Waals surface area contributed by atoms with Crippen molar-refractivity contribution in [3.05, 3.63) is 102 Å². The number of hydrogen-bond donors (Lipinski definition) is 5. The number of nitrogens with one attached hydrogen (secondary N) is 1. The Morgan fingerprint density at radius 2 is 1.69 bits per heavy atom. The van der Waals surface area contributed by atoms with Crippen molar-refractivity contribution in [1.82, 2.24) is 25.3 Å². The lowest BCUT2D eigenvalue weighted by Crippen LogP contribution is -2.29. The highest BCUT2D eigenvalue weighted by atomic mass is 16.6. The summed E-state index contributed by atoms with van der Waals surface area (Å²) in [6.45, 7) is 0.586. The van der Waals surface area contributed by atoms with E-state index in [4.69, 9.17) is 14.7 Å². The maximum atomic E-state index is 13.3. The van der Waals surface area contributed by atoms with E-state index in [0.717, 1.165) is 11.1 Å². The summed E-state index contributed by atoms with van der Waals surface area (Å²) in [5.41, 5.74) is 4.24. The van der Waals surface area contributed by atoms with Crippen molar-refractivity contribution in [3.63, 3.8) is 0 Å². The molecule has 0 fully saturated rings. The van der Waals surface area contributed by atoms with Gasteiger partial charge in [0.1, 0.15) is 11.4 Å². The van der Waals surface area contributed by atoms with Crippen LogP contribution in [0.5, 0.6) is 5.75 Å². The second-order valence-corrected chi connectivity index (χ2v) is 8.75. The number of pyridine rings is 1. The summed E-state index contributed by atoms with van der Waals surface area (Å²) in [6, 6.07) is 22.5. The molecule has 194 valence electrons. The molecule has 0 spiro atoms. The standard InChI is InChI=1S/C26H23B2N5O6/c34-26(29-14-20-16-33(32-31-20)15-17-5-11-21(12-6-17)39-28(37)38)23-13-25(30-24-4-2-1-3-22(23)24)18-7-9-19(10-8-18)27(35)36/h1-13,16,35-38H,14-15H2,(H,29,34). The molecule has 11 nitrogen and oxygen atoms in total. The van der Waals surface area contributed by atoms with Crippen molar-refractivity contribution < 1.29 is 29.5 Å². The highest BCUT2D eigenvalue weighted by Crippen LogP contribution is 2.24. The second-order valence-electron chi connectivity index (χ2n) is 8.75. The fourth-order valence-electron chi connectivity index (χ4n) is 4.08. The van der Waals surface area contributed by atoms with Crippen LogP contribution < -0.4 is 15.4 Å². The lowest BCUT2D eigenvalue weighted by atomic mass is 9.80. The van der Waals surface area contributed by atoms with Crippen molar-refractivity contribution in [2.45, 2.75) is 13.1 Å². The smallest absolute Gasteiger partial charge is 0.512 e. The third kappa shape index (κ3) is 6.30. The van der Waals surface area contributed by atoms with Crippen molar-refractivity contribution in [2.75, 3.05) is 0 Å². The molecule has 5 rings (SSSR count). The van der Waals surface area contributed by atoms with Crippen LogP contribution in [0.2, 0.25) is 0 Å². The molecule has 0 aliphatic heterocycles. The molecule has 3 aromatic carbocycles. The fourth-order valence-corrected chi connectivity index (χ4v) is 4.08. The number of benzene rings is 3. The molecular formula is C26H23B2N5O6. The van der Waals surface area contributed by atoms with Crippen LogP contribution >= 0.6 is 0 Å². The number of nitrogens with zero attached hydrogens (tertiary/aromatic N) is 4. The summed E-state index contributed by atoms with van der Waals surface area (Å²) in [7, 11) is -3.45. The molecule has 13 heteroatoms. The molecule has 0 bridgehead atoms. The second kappa shape index (κ2) is 11.5. The Morgan fingerprint density at radius 3 is 2.41 bits per heavy atom. The Hall–Kier alpha value is -4.55. The molecule has 0 atom stereocenters. The Morgan fingerprint density at radius 1 is 0.949 bits per heavy atom. The van der Waals surface area contributed by atoms with Crippen LogP contribution in [-0.4, -0.2) is 60.4 Å². The van der Waals surface area contributed by atoms with Crippen LogP contribution in [0, 0.1) is 0 Å². The number of carbonyl (C=O) groups is 1. The van der Waals surface area contributed by atoms with E-state index < -0.39 is 14.4 Å². The first-order chi connectivity index (χ1) is 18.9. The third-order valence-electron chi connectivity index (χ3n) is 5.99. The average molecular weight is 523 g/mol. The molecule has 0 saturated carbocycles. The Bertz CT molecular complexity index is 1590. The predicted octanol–water partition coefficient (Wildman–Crippen LogP) is 0.500. The monoisotopic (exact) mass is 523 g/mol. The van der Waals surface area contributed by atoms with Gasteiger partial charge in [-0.3, -0.25) is 4.79 Å². The minimum atomic E-state index is -1.88. The molecule has 5 aromatic rings. The summed E-state index contributed by atoms with van der Waals surface area (Å²) in [5, 5.41) is 48.3. The lowest BCUT2D eigenvalue weighted by Gasteiger charge is -2.10. The molecule has 0 aliphatic carbocycles. The maximum Gasteiger partial charge on any atom is 0.707 e. The molecular weight excluding hydrogens is 500 g/mol. The largest absolute Gasteiger partial charge is 0.707 e. The first-order valence-corrected chi connectivity index (χ1v) is 12.0. The van der Waals surface area contributed by atoms with Crippen LogP contribution in [0.25, 0.3) is 22.2 Å². The van der Waals surface area contributed by atoms with Crippen molar-refractivity contribution in [1.29, 1.82) is 0 Å². The predicted molar refractivity (Wildman–Crippen MR) is 145 cm³/mol. The molecule has 2 aromatic heterocycles. The molecule has 0 unspecified atom stereocenters. The number of rotatable bonds is 9. The van der Waals surface area contributed by atoms with Gasteiger partial charge in [-0.05, 0) is 35.3 Å². The van der Waals surface area contributed by atoms with Crippen LogP contribution in [0.4, 0.5) is 0 Å². The number of amides is 1. The Balaban J connectivity index is 1.29. The van der Waals surface area contributed by atoms with Crippen molar-refractivity contribution in [3.8, 4) is 17.0 Å². The first-order valence-electron chi connectivity index (χ1n) is 12.0. The zero-order valence-electron chi connectivity index (χ0n) is 20.5. The molecule has 0 saturated heterocycles. The van der Waals surface area contributed by atoms with Gasteiger partial charge < -0.3 is 30.1 Å². The summed E-state index contributed by atoms with van der Waals surface area (Å²) >= 11 is 0. The van der Waals surface area contributed by atoms with Gasteiger partial charge in [0.2, 0.25) is 0 Å². The van der Waals surface area contributed by atoms with E-state index in [-0.39, 0.29) is 12.5 Å². The first kappa shape index (κ1) is 26.1. The number of carbonyl (C=O) groups excluding carboxylic acids is 1. The van der Waals surface area contributed by atoms with E-state index in [1.54, 1.807) is 65.5 Å². The van der Waals surface area contributed by atoms with E-state index in [1.807, 2.05) is 24.3 Å². The highest BCUT2D eigenvalue weighted by Gasteiger charge is 2.16. The van der Waals surface area contributed by atoms with Crippen molar-refractivity contribution in [2.24, 2.45) is 0 Å². The van der Waals surface area contributed by atoms with E-state index in [1.165, 1.54) is 0 Å². The zero-order chi connectivity index (χ0) is 27.4. The number of para-hydroxylation sites is 1. The maximum absolute atomic E-state index is 13.3. The lowest BCUT2D eigenvalue weighted by molar-refractivity contribution is 0.0952. The quantitative estimate of drug-likeness (QED) is 0.173. The van der Waals surface area contributed by atoms with Crippen molar-refractivity contribution >= 4 is 36.7 Å². The van der Waals surface area contributed by atoms with Gasteiger partial charge in [0.15, 0.2) is 0 Å². The minimum Gasteiger partial charge on any atom is -0.512 e. The van der Waals surface area contributed by atoms with Gasteiger partial charge in [0.05, 0.1) is 36.1 Å². The van der Waals surface area contributed by atoms with E-state index in [9.17, 15) is 14.8 Å². The molecule has 0 aliphatic rings. The highest BCUT2D eigenvalue weighted by molar-refractivity contribution is 6.58. The summed E-state index contributed by atoms with van der Waals surface area (Å²) in [5.74, 6) is 0.0250. The van der Waals surface area contributed by atoms with Gasteiger partial charge in [0.25, 0.3) is 5.91 Å². The number of fused-ring (bicyclic) bond motifs is 1. The van der Waals surface area contributed by atoms with E-state index >= 15 is 0 Å².